The van der Waals surface area contributed by atoms with E-state index in [9.17, 15) is 0 Å². The molecule has 1 heterocycles. The molecule has 1 aliphatic rings. The Morgan fingerprint density at radius 1 is 1.38 bits per heavy atom. The van der Waals surface area contributed by atoms with Crippen LogP contribution in [-0.2, 0) is 11.8 Å². The van der Waals surface area contributed by atoms with Crippen molar-refractivity contribution in [2.24, 2.45) is 13.0 Å². The zero-order valence-electron chi connectivity index (χ0n) is 13.8. The van der Waals surface area contributed by atoms with E-state index in [1.165, 1.54) is 32.1 Å². The summed E-state index contributed by atoms with van der Waals surface area (Å²) >= 11 is 0. The van der Waals surface area contributed by atoms with E-state index in [1.54, 1.807) is 13.3 Å². The smallest absolute Gasteiger partial charge is 0.161 e. The van der Waals surface area contributed by atoms with Crippen molar-refractivity contribution in [2.75, 3.05) is 20.8 Å². The Balaban J connectivity index is 2.27. The van der Waals surface area contributed by atoms with Crippen molar-refractivity contribution in [1.29, 1.82) is 0 Å². The minimum Gasteiger partial charge on any atom is -0.493 e. The van der Waals surface area contributed by atoms with Crippen molar-refractivity contribution in [1.82, 2.24) is 15.1 Å². The Bertz CT molecular complexity index is 427. The van der Waals surface area contributed by atoms with E-state index in [-0.39, 0.29) is 12.1 Å². The van der Waals surface area contributed by atoms with Crippen molar-refractivity contribution in [3.05, 3.63) is 11.9 Å². The molecule has 2 atom stereocenters. The zero-order chi connectivity index (χ0) is 15.2. The van der Waals surface area contributed by atoms with Gasteiger partial charge in [0, 0.05) is 13.7 Å². The molecule has 5 heteroatoms. The highest BCUT2D eigenvalue weighted by atomic mass is 16.5. The number of aryl methyl sites for hydroxylation is 1. The second kappa shape index (κ2) is 7.80. The number of hydrogen-bond acceptors (Lipinski definition) is 4. The van der Waals surface area contributed by atoms with Crippen molar-refractivity contribution >= 4 is 0 Å². The van der Waals surface area contributed by atoms with Gasteiger partial charge in [-0.25, -0.2) is 0 Å². The second-order valence-corrected chi connectivity index (χ2v) is 5.81. The van der Waals surface area contributed by atoms with Gasteiger partial charge in [-0.05, 0) is 32.7 Å². The fourth-order valence-electron chi connectivity index (χ4n) is 3.55. The van der Waals surface area contributed by atoms with Crippen LogP contribution in [0.2, 0.25) is 0 Å². The van der Waals surface area contributed by atoms with Crippen LogP contribution in [0.25, 0.3) is 0 Å². The number of likely N-dealkylation sites (N-methyl/N-ethyl adjacent to an activating group) is 1. The topological polar surface area (TPSA) is 48.3 Å². The van der Waals surface area contributed by atoms with E-state index in [0.29, 0.717) is 5.92 Å². The summed E-state index contributed by atoms with van der Waals surface area (Å²) in [5.74, 6) is 1.44. The van der Waals surface area contributed by atoms with Gasteiger partial charge in [0.1, 0.15) is 0 Å². The van der Waals surface area contributed by atoms with Crippen LogP contribution in [0.1, 0.15) is 50.8 Å². The van der Waals surface area contributed by atoms with Crippen LogP contribution in [0.5, 0.6) is 5.75 Å². The Hall–Kier alpha value is -1.07. The second-order valence-electron chi connectivity index (χ2n) is 5.81. The SMILES string of the molecule is CCOC(C1CCCCC1)C(NC)c1c(OC)cnn1C. The average Bonchev–Trinajstić information content (AvgIpc) is 2.89. The third-order valence-electron chi connectivity index (χ3n) is 4.58. The summed E-state index contributed by atoms with van der Waals surface area (Å²) < 4.78 is 13.5. The Morgan fingerprint density at radius 3 is 2.67 bits per heavy atom. The van der Waals surface area contributed by atoms with Gasteiger partial charge in [0.05, 0.1) is 31.1 Å². The highest BCUT2D eigenvalue weighted by molar-refractivity contribution is 5.29. The maximum absolute atomic E-state index is 6.15. The van der Waals surface area contributed by atoms with Crippen LogP contribution in [-0.4, -0.2) is 36.6 Å². The Kier molecular flexibility index (Phi) is 6.06. The maximum Gasteiger partial charge on any atom is 0.161 e. The lowest BCUT2D eigenvalue weighted by Gasteiger charge is -2.35. The van der Waals surface area contributed by atoms with E-state index < -0.39 is 0 Å². The van der Waals surface area contributed by atoms with Crippen molar-refractivity contribution < 1.29 is 9.47 Å². The number of aromatic nitrogens is 2. The fourth-order valence-corrected chi connectivity index (χ4v) is 3.55. The normalized spacial score (nSPS) is 19.4. The molecule has 0 aromatic carbocycles. The van der Waals surface area contributed by atoms with Gasteiger partial charge in [0.25, 0.3) is 0 Å². The van der Waals surface area contributed by atoms with Gasteiger partial charge < -0.3 is 14.8 Å². The van der Waals surface area contributed by atoms with Crippen LogP contribution in [0.3, 0.4) is 0 Å². The minimum absolute atomic E-state index is 0.107. The molecule has 1 aliphatic carbocycles. The van der Waals surface area contributed by atoms with E-state index >= 15 is 0 Å². The number of methoxy groups -OCH3 is 1. The molecule has 0 radical (unpaired) electrons. The monoisotopic (exact) mass is 295 g/mol. The molecule has 1 aromatic rings. The lowest BCUT2D eigenvalue weighted by Crippen LogP contribution is -2.39. The summed E-state index contributed by atoms with van der Waals surface area (Å²) in [6.45, 7) is 2.81. The predicted molar refractivity (Wildman–Crippen MR) is 83.5 cm³/mol. The molecule has 0 amide bonds. The largest absolute Gasteiger partial charge is 0.493 e. The van der Waals surface area contributed by atoms with Gasteiger partial charge in [-0.3, -0.25) is 4.68 Å². The third kappa shape index (κ3) is 3.58. The van der Waals surface area contributed by atoms with Crippen LogP contribution >= 0.6 is 0 Å². The highest BCUT2D eigenvalue weighted by Gasteiger charge is 2.34. The molecule has 1 N–H and O–H groups in total. The standard InChI is InChI=1S/C16H29N3O2/c1-5-21-16(12-9-7-6-8-10-12)14(17-2)15-13(20-4)11-18-19(15)3/h11-12,14,16-17H,5-10H2,1-4H3. The van der Waals surface area contributed by atoms with Crippen LogP contribution in [0.4, 0.5) is 0 Å². The highest BCUT2D eigenvalue weighted by Crippen LogP contribution is 2.36. The summed E-state index contributed by atoms with van der Waals surface area (Å²) in [7, 11) is 5.65. The number of nitrogens with zero attached hydrogens (tertiary/aromatic N) is 2. The molecule has 120 valence electrons. The lowest BCUT2D eigenvalue weighted by molar-refractivity contribution is -0.0188. The molecule has 1 aromatic heterocycles. The zero-order valence-corrected chi connectivity index (χ0v) is 13.8. The molecular formula is C16H29N3O2. The van der Waals surface area contributed by atoms with E-state index in [2.05, 4.69) is 17.3 Å². The fraction of sp³-hybridized carbons (Fsp3) is 0.812. The lowest BCUT2D eigenvalue weighted by atomic mass is 9.81. The van der Waals surface area contributed by atoms with Crippen LogP contribution in [0.15, 0.2) is 6.20 Å². The Morgan fingerprint density at radius 2 is 2.10 bits per heavy atom. The first kappa shape index (κ1) is 16.3. The molecule has 5 nitrogen and oxygen atoms in total. The van der Waals surface area contributed by atoms with E-state index in [1.807, 2.05) is 18.8 Å². The number of hydrogen-bond donors (Lipinski definition) is 1. The first-order valence-electron chi connectivity index (χ1n) is 8.07. The van der Waals surface area contributed by atoms with Crippen molar-refractivity contribution in [3.63, 3.8) is 0 Å². The third-order valence-corrected chi connectivity index (χ3v) is 4.58. The first-order chi connectivity index (χ1) is 10.2. The van der Waals surface area contributed by atoms with E-state index in [0.717, 1.165) is 18.1 Å². The van der Waals surface area contributed by atoms with Crippen LogP contribution < -0.4 is 10.1 Å². The van der Waals surface area contributed by atoms with Crippen molar-refractivity contribution in [3.8, 4) is 5.75 Å². The molecule has 21 heavy (non-hydrogen) atoms. The quantitative estimate of drug-likeness (QED) is 0.840. The number of ether oxygens (including phenoxy) is 2. The molecule has 2 unspecified atom stereocenters. The van der Waals surface area contributed by atoms with Gasteiger partial charge in [-0.2, -0.15) is 5.10 Å². The van der Waals surface area contributed by atoms with Gasteiger partial charge >= 0.3 is 0 Å². The van der Waals surface area contributed by atoms with Gasteiger partial charge in [0.2, 0.25) is 0 Å². The van der Waals surface area contributed by atoms with Gasteiger partial charge in [-0.15, -0.1) is 0 Å². The van der Waals surface area contributed by atoms with Gasteiger partial charge in [0.15, 0.2) is 5.75 Å². The summed E-state index contributed by atoms with van der Waals surface area (Å²) in [5, 5.41) is 7.78. The molecule has 2 rings (SSSR count). The van der Waals surface area contributed by atoms with Gasteiger partial charge in [-0.1, -0.05) is 19.3 Å². The molecule has 0 aliphatic heterocycles. The first-order valence-corrected chi connectivity index (χ1v) is 8.07. The summed E-state index contributed by atoms with van der Waals surface area (Å²) in [4.78, 5) is 0. The van der Waals surface area contributed by atoms with E-state index in [4.69, 9.17) is 9.47 Å². The summed E-state index contributed by atoms with van der Waals surface area (Å²) in [5.41, 5.74) is 1.07. The molecule has 1 saturated carbocycles. The van der Waals surface area contributed by atoms with Crippen molar-refractivity contribution in [2.45, 2.75) is 51.2 Å². The summed E-state index contributed by atoms with van der Waals surface area (Å²) in [6.07, 6.45) is 8.44. The Labute approximate surface area is 128 Å². The minimum atomic E-state index is 0.107. The maximum atomic E-state index is 6.15. The molecular weight excluding hydrogens is 266 g/mol. The summed E-state index contributed by atoms with van der Waals surface area (Å²) in [6, 6.07) is 0.107. The predicted octanol–water partition coefficient (Wildman–Crippen LogP) is 2.67. The number of rotatable bonds is 7. The number of nitrogens with one attached hydrogen (secondary N) is 1. The van der Waals surface area contributed by atoms with Crippen LogP contribution in [0, 0.1) is 5.92 Å². The average molecular weight is 295 g/mol. The molecule has 0 saturated heterocycles. The molecule has 0 bridgehead atoms. The molecule has 1 fully saturated rings. The molecule has 0 spiro atoms.